The van der Waals surface area contributed by atoms with Crippen LogP contribution in [-0.4, -0.2) is 65.2 Å². The van der Waals surface area contributed by atoms with Crippen LogP contribution in [0.5, 0.6) is 0 Å². The third-order valence-electron chi connectivity index (χ3n) is 4.04. The van der Waals surface area contributed by atoms with Crippen LogP contribution in [0.2, 0.25) is 0 Å². The van der Waals surface area contributed by atoms with Gasteiger partial charge in [0.15, 0.2) is 0 Å². The van der Waals surface area contributed by atoms with E-state index < -0.39 is 48.4 Å². The third-order valence-corrected chi connectivity index (χ3v) is 4.04. The zero-order valence-electron chi connectivity index (χ0n) is 15.6. The summed E-state index contributed by atoms with van der Waals surface area (Å²) in [7, 11) is 0. The number of nitrogens with two attached hydrogens (primary N) is 1. The topological polar surface area (TPSA) is 171 Å². The Morgan fingerprint density at radius 2 is 1.50 bits per heavy atom. The van der Waals surface area contributed by atoms with Gasteiger partial charge in [-0.05, 0) is 11.8 Å². The highest BCUT2D eigenvalue weighted by Crippen LogP contribution is 2.10. The van der Waals surface area contributed by atoms with Gasteiger partial charge in [-0.25, -0.2) is 4.79 Å². The summed E-state index contributed by atoms with van der Waals surface area (Å²) < 4.78 is 0. The highest BCUT2D eigenvalue weighted by atomic mass is 16.4. The van der Waals surface area contributed by atoms with Crippen molar-refractivity contribution in [1.82, 2.24) is 16.0 Å². The lowest BCUT2D eigenvalue weighted by Gasteiger charge is -2.28. The molecule has 10 heteroatoms. The molecule has 10 nitrogen and oxygen atoms in total. The number of aliphatic carboxylic acids is 1. The van der Waals surface area contributed by atoms with E-state index >= 15 is 0 Å². The van der Waals surface area contributed by atoms with Crippen molar-refractivity contribution in [2.45, 2.75) is 52.2 Å². The average molecular weight is 374 g/mol. The predicted octanol–water partition coefficient (Wildman–Crippen LogP) is -1.82. The summed E-state index contributed by atoms with van der Waals surface area (Å²) in [6.07, 6.45) is 0.538. The molecule has 0 aromatic rings. The molecule has 0 saturated carbocycles. The van der Waals surface area contributed by atoms with Crippen molar-refractivity contribution in [3.05, 3.63) is 0 Å². The van der Waals surface area contributed by atoms with Gasteiger partial charge in [-0.3, -0.25) is 14.4 Å². The summed E-state index contributed by atoms with van der Waals surface area (Å²) in [5.74, 6) is -3.86. The maximum atomic E-state index is 12.5. The van der Waals surface area contributed by atoms with E-state index in [1.54, 1.807) is 20.8 Å². The molecular weight excluding hydrogens is 344 g/mol. The lowest BCUT2D eigenvalue weighted by molar-refractivity contribution is -0.144. The molecular formula is C16H30N4O6. The number of nitrogens with one attached hydrogen (secondary N) is 3. The van der Waals surface area contributed by atoms with Crippen LogP contribution in [0.3, 0.4) is 0 Å². The van der Waals surface area contributed by atoms with E-state index in [0.29, 0.717) is 6.42 Å². The second-order valence-corrected chi connectivity index (χ2v) is 6.45. The molecule has 0 radical (unpaired) electrons. The van der Waals surface area contributed by atoms with Crippen molar-refractivity contribution in [1.29, 1.82) is 0 Å². The van der Waals surface area contributed by atoms with Crippen molar-refractivity contribution in [2.75, 3.05) is 13.2 Å². The summed E-state index contributed by atoms with van der Waals surface area (Å²) >= 11 is 0. The fourth-order valence-corrected chi connectivity index (χ4v) is 2.16. The second kappa shape index (κ2) is 11.4. The Hall–Kier alpha value is -2.20. The van der Waals surface area contributed by atoms with Crippen LogP contribution < -0.4 is 21.7 Å². The molecule has 0 fully saturated rings. The Morgan fingerprint density at radius 1 is 0.962 bits per heavy atom. The number of aliphatic hydroxyl groups is 1. The molecule has 3 amide bonds. The van der Waals surface area contributed by atoms with Gasteiger partial charge in [0.2, 0.25) is 17.7 Å². The van der Waals surface area contributed by atoms with E-state index in [0.717, 1.165) is 0 Å². The molecule has 26 heavy (non-hydrogen) atoms. The third kappa shape index (κ3) is 7.36. The van der Waals surface area contributed by atoms with E-state index in [1.807, 2.05) is 6.92 Å². The standard InChI is InChI=1S/C16H30N4O6/c1-5-9(4)13(15(24)19-12(8(2)3)16(25)26)20-14(23)10(7-21)18-11(22)6-17/h8-10,12-13,21H,5-7,17H2,1-4H3,(H,18,22)(H,19,24)(H,20,23)(H,25,26). The minimum atomic E-state index is -1.26. The van der Waals surface area contributed by atoms with Gasteiger partial charge in [-0.2, -0.15) is 0 Å². The normalized spacial score (nSPS) is 15.5. The summed E-state index contributed by atoms with van der Waals surface area (Å²) in [6, 6.07) is -3.38. The molecule has 150 valence electrons. The van der Waals surface area contributed by atoms with Crippen molar-refractivity contribution in [3.63, 3.8) is 0 Å². The van der Waals surface area contributed by atoms with E-state index in [-0.39, 0.29) is 18.4 Å². The van der Waals surface area contributed by atoms with Gasteiger partial charge in [-0.15, -0.1) is 0 Å². The van der Waals surface area contributed by atoms with Crippen LogP contribution >= 0.6 is 0 Å². The number of carboxylic acid groups (broad SMARTS) is 1. The van der Waals surface area contributed by atoms with Gasteiger partial charge in [-0.1, -0.05) is 34.1 Å². The molecule has 0 aliphatic carbocycles. The van der Waals surface area contributed by atoms with Crippen molar-refractivity contribution < 1.29 is 29.4 Å². The SMILES string of the molecule is CCC(C)C(NC(=O)C(CO)NC(=O)CN)C(=O)NC(C(=O)O)C(C)C. The number of hydrogen-bond donors (Lipinski definition) is 6. The smallest absolute Gasteiger partial charge is 0.326 e. The first-order valence-electron chi connectivity index (χ1n) is 8.52. The van der Waals surface area contributed by atoms with Crippen molar-refractivity contribution in [2.24, 2.45) is 17.6 Å². The predicted molar refractivity (Wildman–Crippen MR) is 93.9 cm³/mol. The number of aliphatic hydroxyl groups excluding tert-OH is 1. The fourth-order valence-electron chi connectivity index (χ4n) is 2.16. The van der Waals surface area contributed by atoms with Crippen LogP contribution in [0.15, 0.2) is 0 Å². The Morgan fingerprint density at radius 3 is 1.88 bits per heavy atom. The summed E-state index contributed by atoms with van der Waals surface area (Å²) in [5, 5.41) is 25.6. The molecule has 0 aliphatic heterocycles. The first-order valence-corrected chi connectivity index (χ1v) is 8.52. The zero-order chi connectivity index (χ0) is 20.4. The minimum Gasteiger partial charge on any atom is -0.480 e. The summed E-state index contributed by atoms with van der Waals surface area (Å²) in [6.45, 7) is 5.82. The Labute approximate surface area is 152 Å². The van der Waals surface area contributed by atoms with Crippen LogP contribution in [0, 0.1) is 11.8 Å². The molecule has 0 spiro atoms. The number of hydrogen-bond acceptors (Lipinski definition) is 6. The molecule has 0 rings (SSSR count). The molecule has 0 aromatic carbocycles. The Balaban J connectivity index is 5.25. The van der Waals surface area contributed by atoms with Gasteiger partial charge in [0.1, 0.15) is 18.1 Å². The molecule has 0 bridgehead atoms. The molecule has 7 N–H and O–H groups in total. The molecule has 4 unspecified atom stereocenters. The first kappa shape index (κ1) is 23.8. The van der Waals surface area contributed by atoms with Crippen LogP contribution in [0.25, 0.3) is 0 Å². The van der Waals surface area contributed by atoms with E-state index in [4.69, 9.17) is 5.73 Å². The number of amides is 3. The highest BCUT2D eigenvalue weighted by Gasteiger charge is 2.32. The monoisotopic (exact) mass is 374 g/mol. The van der Waals surface area contributed by atoms with E-state index in [1.165, 1.54) is 0 Å². The minimum absolute atomic E-state index is 0.301. The van der Waals surface area contributed by atoms with Crippen molar-refractivity contribution >= 4 is 23.7 Å². The number of carbonyl (C=O) groups is 4. The molecule has 0 aromatic heterocycles. The first-order chi connectivity index (χ1) is 12.1. The quantitative estimate of drug-likeness (QED) is 0.247. The van der Waals surface area contributed by atoms with E-state index in [9.17, 15) is 29.4 Å². The van der Waals surface area contributed by atoms with E-state index in [2.05, 4.69) is 16.0 Å². The summed E-state index contributed by atoms with van der Waals surface area (Å²) in [4.78, 5) is 47.4. The lowest BCUT2D eigenvalue weighted by Crippen LogP contribution is -2.59. The van der Waals surface area contributed by atoms with Gasteiger partial charge < -0.3 is 31.9 Å². The zero-order valence-corrected chi connectivity index (χ0v) is 15.6. The van der Waals surface area contributed by atoms with Crippen LogP contribution in [0.1, 0.15) is 34.1 Å². The highest BCUT2D eigenvalue weighted by molar-refractivity contribution is 5.93. The maximum Gasteiger partial charge on any atom is 0.326 e. The molecule has 0 saturated heterocycles. The summed E-state index contributed by atoms with van der Waals surface area (Å²) in [5.41, 5.74) is 5.16. The second-order valence-electron chi connectivity index (χ2n) is 6.45. The van der Waals surface area contributed by atoms with Gasteiger partial charge in [0.25, 0.3) is 0 Å². The molecule has 4 atom stereocenters. The van der Waals surface area contributed by atoms with Gasteiger partial charge in [0.05, 0.1) is 13.2 Å². The lowest BCUT2D eigenvalue weighted by atomic mass is 9.96. The Kier molecular flexibility index (Phi) is 10.5. The maximum absolute atomic E-state index is 12.5. The van der Waals surface area contributed by atoms with Gasteiger partial charge in [0, 0.05) is 0 Å². The largest absolute Gasteiger partial charge is 0.480 e. The van der Waals surface area contributed by atoms with Crippen LogP contribution in [0.4, 0.5) is 0 Å². The average Bonchev–Trinajstić information content (AvgIpc) is 2.59. The number of carbonyl (C=O) groups excluding carboxylic acids is 3. The Bertz CT molecular complexity index is 511. The van der Waals surface area contributed by atoms with Crippen molar-refractivity contribution in [3.8, 4) is 0 Å². The molecule has 0 aliphatic rings. The molecule has 0 heterocycles. The number of rotatable bonds is 11. The van der Waals surface area contributed by atoms with Gasteiger partial charge >= 0.3 is 5.97 Å². The fraction of sp³-hybridized carbons (Fsp3) is 0.750. The number of carboxylic acids is 1. The van der Waals surface area contributed by atoms with Crippen LogP contribution in [-0.2, 0) is 19.2 Å².